The van der Waals surface area contributed by atoms with E-state index in [1.54, 1.807) is 13.3 Å². The van der Waals surface area contributed by atoms with Gasteiger partial charge < -0.3 is 10.1 Å². The van der Waals surface area contributed by atoms with Gasteiger partial charge in [0, 0.05) is 29.2 Å². The molecule has 0 aliphatic carbocycles. The number of amides is 1. The number of rotatable bonds is 6. The van der Waals surface area contributed by atoms with Gasteiger partial charge in [0.1, 0.15) is 5.75 Å². The maximum absolute atomic E-state index is 12.5. The van der Waals surface area contributed by atoms with Gasteiger partial charge in [0.15, 0.2) is 5.16 Å². The van der Waals surface area contributed by atoms with E-state index in [9.17, 15) is 4.79 Å². The first-order valence-electron chi connectivity index (χ1n) is 8.83. The molecule has 0 unspecified atom stereocenters. The summed E-state index contributed by atoms with van der Waals surface area (Å²) in [7, 11) is 1.64. The van der Waals surface area contributed by atoms with Crippen molar-refractivity contribution < 1.29 is 9.53 Å². The van der Waals surface area contributed by atoms with E-state index in [-0.39, 0.29) is 11.7 Å². The highest BCUT2D eigenvalue weighted by Gasteiger charge is 2.10. The average molecular weight is 389 g/mol. The summed E-state index contributed by atoms with van der Waals surface area (Å²) in [6.45, 7) is 0. The smallest absolute Gasteiger partial charge is 0.234 e. The van der Waals surface area contributed by atoms with Crippen LogP contribution in [0.3, 0.4) is 0 Å². The predicted molar refractivity (Wildman–Crippen MR) is 113 cm³/mol. The zero-order valence-electron chi connectivity index (χ0n) is 15.3. The molecule has 6 heteroatoms. The van der Waals surface area contributed by atoms with Crippen LogP contribution in [0.15, 0.2) is 84.3 Å². The number of ether oxygens (including phenoxy) is 1. The summed E-state index contributed by atoms with van der Waals surface area (Å²) in [5.41, 5.74) is 1.79. The molecule has 4 aromatic rings. The molecule has 0 atom stereocenters. The molecule has 0 spiro atoms. The molecule has 28 heavy (non-hydrogen) atoms. The molecule has 3 aromatic carbocycles. The highest BCUT2D eigenvalue weighted by atomic mass is 32.2. The largest absolute Gasteiger partial charge is 0.497 e. The first-order chi connectivity index (χ1) is 13.7. The number of fused-ring (bicyclic) bond motifs is 1. The lowest BCUT2D eigenvalue weighted by Gasteiger charge is -2.10. The minimum atomic E-state index is -0.0642. The number of anilines is 1. The van der Waals surface area contributed by atoms with Crippen LogP contribution in [0.1, 0.15) is 0 Å². The highest BCUT2D eigenvalue weighted by molar-refractivity contribution is 7.99. The van der Waals surface area contributed by atoms with Crippen molar-refractivity contribution in [2.24, 2.45) is 0 Å². The normalized spacial score (nSPS) is 10.8. The van der Waals surface area contributed by atoms with Crippen LogP contribution in [0.5, 0.6) is 5.75 Å². The zero-order chi connectivity index (χ0) is 19.3. The molecule has 0 bridgehead atoms. The summed E-state index contributed by atoms with van der Waals surface area (Å²) >= 11 is 1.40. The van der Waals surface area contributed by atoms with Gasteiger partial charge in [0.2, 0.25) is 5.91 Å². The second-order valence-electron chi connectivity index (χ2n) is 6.14. The quantitative estimate of drug-likeness (QED) is 0.483. The summed E-state index contributed by atoms with van der Waals surface area (Å²) in [5, 5.41) is 5.90. The number of hydrogen-bond acceptors (Lipinski definition) is 4. The van der Waals surface area contributed by atoms with E-state index in [0.29, 0.717) is 0 Å². The number of carbonyl (C=O) groups is 1. The van der Waals surface area contributed by atoms with Crippen molar-refractivity contribution in [3.8, 4) is 11.4 Å². The third kappa shape index (κ3) is 3.87. The fraction of sp³-hybridized carbons (Fsp3) is 0.0909. The SMILES string of the molecule is COc1ccc(-n2ccnc2SCC(=O)Nc2cccc3ccccc23)cc1. The molecule has 1 aromatic heterocycles. The second kappa shape index (κ2) is 8.19. The predicted octanol–water partition coefficient (Wildman–Crippen LogP) is 4.76. The molecule has 0 radical (unpaired) electrons. The number of methoxy groups -OCH3 is 1. The highest BCUT2D eigenvalue weighted by Crippen LogP contribution is 2.25. The fourth-order valence-electron chi connectivity index (χ4n) is 2.99. The molecule has 1 amide bonds. The lowest BCUT2D eigenvalue weighted by Crippen LogP contribution is -2.14. The van der Waals surface area contributed by atoms with Crippen LogP contribution in [0.25, 0.3) is 16.5 Å². The number of thioether (sulfide) groups is 1. The average Bonchev–Trinajstić information content (AvgIpc) is 3.21. The van der Waals surface area contributed by atoms with Gasteiger partial charge in [-0.25, -0.2) is 4.98 Å². The summed E-state index contributed by atoms with van der Waals surface area (Å²) in [6.07, 6.45) is 3.61. The molecule has 0 fully saturated rings. The number of aromatic nitrogens is 2. The molecule has 0 aliphatic rings. The number of hydrogen-bond donors (Lipinski definition) is 1. The number of nitrogens with one attached hydrogen (secondary N) is 1. The van der Waals surface area contributed by atoms with E-state index in [1.807, 2.05) is 77.5 Å². The summed E-state index contributed by atoms with van der Waals surface area (Å²) in [5.74, 6) is 1.01. The Labute approximate surface area is 167 Å². The minimum Gasteiger partial charge on any atom is -0.497 e. The Morgan fingerprint density at radius 1 is 1.07 bits per heavy atom. The van der Waals surface area contributed by atoms with Crippen LogP contribution in [0, 0.1) is 0 Å². The summed E-state index contributed by atoms with van der Waals surface area (Å²) in [4.78, 5) is 16.9. The van der Waals surface area contributed by atoms with Crippen LogP contribution in [-0.2, 0) is 4.79 Å². The van der Waals surface area contributed by atoms with E-state index < -0.39 is 0 Å². The van der Waals surface area contributed by atoms with Crippen molar-refractivity contribution in [2.75, 3.05) is 18.2 Å². The van der Waals surface area contributed by atoms with Crippen molar-refractivity contribution in [1.29, 1.82) is 0 Å². The van der Waals surface area contributed by atoms with E-state index in [2.05, 4.69) is 10.3 Å². The van der Waals surface area contributed by atoms with Gasteiger partial charge in [-0.2, -0.15) is 0 Å². The molecule has 4 rings (SSSR count). The molecule has 0 aliphatic heterocycles. The Kier molecular flexibility index (Phi) is 5.30. The van der Waals surface area contributed by atoms with Gasteiger partial charge in [0.25, 0.3) is 0 Å². The lowest BCUT2D eigenvalue weighted by molar-refractivity contribution is -0.113. The topological polar surface area (TPSA) is 56.2 Å². The van der Waals surface area contributed by atoms with Crippen LogP contribution >= 0.6 is 11.8 Å². The van der Waals surface area contributed by atoms with Gasteiger partial charge in [0.05, 0.1) is 12.9 Å². The maximum Gasteiger partial charge on any atom is 0.234 e. The summed E-state index contributed by atoms with van der Waals surface area (Å²) < 4.78 is 7.15. The maximum atomic E-state index is 12.5. The third-order valence-electron chi connectivity index (χ3n) is 4.35. The Morgan fingerprint density at radius 2 is 1.86 bits per heavy atom. The van der Waals surface area contributed by atoms with Gasteiger partial charge >= 0.3 is 0 Å². The first-order valence-corrected chi connectivity index (χ1v) is 9.81. The van der Waals surface area contributed by atoms with E-state index in [1.165, 1.54) is 11.8 Å². The summed E-state index contributed by atoms with van der Waals surface area (Å²) in [6, 6.07) is 21.6. The zero-order valence-corrected chi connectivity index (χ0v) is 16.1. The first kappa shape index (κ1) is 18.1. The van der Waals surface area contributed by atoms with Crippen molar-refractivity contribution in [2.45, 2.75) is 5.16 Å². The van der Waals surface area contributed by atoms with Crippen LogP contribution in [-0.4, -0.2) is 28.3 Å². The monoisotopic (exact) mass is 389 g/mol. The van der Waals surface area contributed by atoms with E-state index in [0.717, 1.165) is 33.1 Å². The standard InChI is InChI=1S/C22H19N3O2S/c1-27-18-11-9-17(10-12-18)25-14-13-23-22(25)28-15-21(26)24-20-8-4-6-16-5-2-3-7-19(16)20/h2-14H,15H2,1H3,(H,24,26). The second-order valence-corrected chi connectivity index (χ2v) is 7.08. The molecular formula is C22H19N3O2S. The van der Waals surface area contributed by atoms with Gasteiger partial charge in [-0.3, -0.25) is 9.36 Å². The van der Waals surface area contributed by atoms with Gasteiger partial charge in [-0.1, -0.05) is 48.2 Å². The molecular weight excluding hydrogens is 370 g/mol. The van der Waals surface area contributed by atoms with E-state index >= 15 is 0 Å². The van der Waals surface area contributed by atoms with Crippen molar-refractivity contribution in [3.63, 3.8) is 0 Å². The Morgan fingerprint density at radius 3 is 2.68 bits per heavy atom. The number of imidazole rings is 1. The van der Waals surface area contributed by atoms with Crippen LogP contribution < -0.4 is 10.1 Å². The Hall–Kier alpha value is -3.25. The third-order valence-corrected chi connectivity index (χ3v) is 5.32. The van der Waals surface area contributed by atoms with Crippen LogP contribution in [0.4, 0.5) is 5.69 Å². The van der Waals surface area contributed by atoms with Gasteiger partial charge in [-0.15, -0.1) is 0 Å². The molecule has 140 valence electrons. The fourth-order valence-corrected chi connectivity index (χ4v) is 3.76. The molecule has 1 N–H and O–H groups in total. The van der Waals surface area contributed by atoms with E-state index in [4.69, 9.17) is 4.74 Å². The molecule has 1 heterocycles. The van der Waals surface area contributed by atoms with Gasteiger partial charge in [-0.05, 0) is 35.7 Å². The van der Waals surface area contributed by atoms with Crippen molar-refractivity contribution >= 4 is 34.1 Å². The Balaban J connectivity index is 1.45. The number of nitrogens with zero attached hydrogens (tertiary/aromatic N) is 2. The molecule has 5 nitrogen and oxygen atoms in total. The van der Waals surface area contributed by atoms with Crippen LogP contribution in [0.2, 0.25) is 0 Å². The number of benzene rings is 3. The van der Waals surface area contributed by atoms with Crippen molar-refractivity contribution in [1.82, 2.24) is 9.55 Å². The Bertz CT molecular complexity index is 1100. The van der Waals surface area contributed by atoms with Crippen molar-refractivity contribution in [3.05, 3.63) is 79.1 Å². The number of carbonyl (C=O) groups excluding carboxylic acids is 1. The minimum absolute atomic E-state index is 0.0642. The molecule has 0 saturated carbocycles. The lowest BCUT2D eigenvalue weighted by atomic mass is 10.1. The molecule has 0 saturated heterocycles.